The van der Waals surface area contributed by atoms with E-state index in [0.29, 0.717) is 30.1 Å². The van der Waals surface area contributed by atoms with Crippen LogP contribution in [-0.4, -0.2) is 50.3 Å². The maximum atomic E-state index is 13.0. The predicted molar refractivity (Wildman–Crippen MR) is 121 cm³/mol. The standard InChI is InChI=1S/C21H26N4O6S/c1-15-17(7-6-8-19(15)25(27)28)22-14-21(26)23-18-13-16(9-10-20(18)31-2)32(29,30)24-11-4-3-5-12-24/h6-10,13,22H,3-5,11-12,14H2,1-2H3,(H,23,26). The Labute approximate surface area is 186 Å². The average Bonchev–Trinajstić information content (AvgIpc) is 2.78. The Bertz CT molecular complexity index is 1110. The van der Waals surface area contributed by atoms with E-state index in [4.69, 9.17) is 4.74 Å². The summed E-state index contributed by atoms with van der Waals surface area (Å²) < 4.78 is 32.6. The molecule has 2 aromatic rings. The number of hydrogen-bond donors (Lipinski definition) is 2. The van der Waals surface area contributed by atoms with Crippen LogP contribution in [-0.2, 0) is 14.8 Å². The van der Waals surface area contributed by atoms with Crippen molar-refractivity contribution in [3.05, 3.63) is 52.1 Å². The molecule has 2 N–H and O–H groups in total. The zero-order valence-corrected chi connectivity index (χ0v) is 18.8. The fourth-order valence-corrected chi connectivity index (χ4v) is 5.13. The zero-order chi connectivity index (χ0) is 23.3. The molecule has 1 saturated heterocycles. The lowest BCUT2D eigenvalue weighted by Gasteiger charge is -2.26. The third-order valence-electron chi connectivity index (χ3n) is 5.34. The molecule has 0 saturated carbocycles. The summed E-state index contributed by atoms with van der Waals surface area (Å²) in [7, 11) is -2.25. The van der Waals surface area contributed by atoms with Crippen molar-refractivity contribution in [2.24, 2.45) is 0 Å². The largest absolute Gasteiger partial charge is 0.495 e. The average molecular weight is 463 g/mol. The molecule has 1 aliphatic rings. The predicted octanol–water partition coefficient (Wildman–Crippen LogP) is 3.14. The minimum Gasteiger partial charge on any atom is -0.495 e. The summed E-state index contributed by atoms with van der Waals surface area (Å²) in [4.78, 5) is 23.2. The minimum absolute atomic E-state index is 0.0484. The number of rotatable bonds is 8. The lowest BCUT2D eigenvalue weighted by molar-refractivity contribution is -0.385. The molecule has 3 rings (SSSR count). The molecule has 1 fully saturated rings. The molecular formula is C21H26N4O6S. The third kappa shape index (κ3) is 5.17. The Morgan fingerprint density at radius 3 is 2.53 bits per heavy atom. The van der Waals surface area contributed by atoms with Gasteiger partial charge < -0.3 is 15.4 Å². The summed E-state index contributed by atoms with van der Waals surface area (Å²) in [6.07, 6.45) is 2.65. The van der Waals surface area contributed by atoms with Gasteiger partial charge in [-0.15, -0.1) is 0 Å². The number of methoxy groups -OCH3 is 1. The van der Waals surface area contributed by atoms with E-state index in [2.05, 4.69) is 10.6 Å². The van der Waals surface area contributed by atoms with Crippen LogP contribution in [0.15, 0.2) is 41.3 Å². The number of benzene rings is 2. The zero-order valence-electron chi connectivity index (χ0n) is 18.0. The Morgan fingerprint density at radius 1 is 1.16 bits per heavy atom. The highest BCUT2D eigenvalue weighted by Gasteiger charge is 2.27. The molecule has 172 valence electrons. The van der Waals surface area contributed by atoms with Crippen molar-refractivity contribution >= 4 is 33.0 Å². The molecule has 2 aromatic carbocycles. The smallest absolute Gasteiger partial charge is 0.274 e. The van der Waals surface area contributed by atoms with Gasteiger partial charge in [0.2, 0.25) is 15.9 Å². The Hall–Kier alpha value is -3.18. The Balaban J connectivity index is 1.75. The second-order valence-corrected chi connectivity index (χ2v) is 9.37. The molecule has 32 heavy (non-hydrogen) atoms. The molecule has 0 aliphatic carbocycles. The van der Waals surface area contributed by atoms with Crippen molar-refractivity contribution in [3.63, 3.8) is 0 Å². The molecule has 0 bridgehead atoms. The van der Waals surface area contributed by atoms with E-state index < -0.39 is 20.9 Å². The fraction of sp³-hybridized carbons (Fsp3) is 0.381. The van der Waals surface area contributed by atoms with Crippen LogP contribution in [0.1, 0.15) is 24.8 Å². The molecule has 11 heteroatoms. The van der Waals surface area contributed by atoms with Crippen LogP contribution in [0.2, 0.25) is 0 Å². The molecule has 0 radical (unpaired) electrons. The van der Waals surface area contributed by atoms with Crippen molar-refractivity contribution < 1.29 is 22.9 Å². The van der Waals surface area contributed by atoms with E-state index in [1.807, 2.05) is 0 Å². The minimum atomic E-state index is -3.67. The summed E-state index contributed by atoms with van der Waals surface area (Å²) >= 11 is 0. The maximum absolute atomic E-state index is 13.0. The first-order chi connectivity index (χ1) is 15.2. The van der Waals surface area contributed by atoms with E-state index in [1.54, 1.807) is 13.0 Å². The van der Waals surface area contributed by atoms with E-state index in [0.717, 1.165) is 19.3 Å². The molecule has 10 nitrogen and oxygen atoms in total. The van der Waals surface area contributed by atoms with Gasteiger partial charge in [-0.1, -0.05) is 12.5 Å². The van der Waals surface area contributed by atoms with Crippen LogP contribution in [0.25, 0.3) is 0 Å². The number of nitro benzene ring substituents is 1. The number of hydrogen-bond acceptors (Lipinski definition) is 7. The maximum Gasteiger partial charge on any atom is 0.274 e. The number of anilines is 2. The van der Waals surface area contributed by atoms with Gasteiger partial charge in [-0.25, -0.2) is 8.42 Å². The summed E-state index contributed by atoms with van der Waals surface area (Å²) in [6, 6.07) is 8.91. The van der Waals surface area contributed by atoms with E-state index in [9.17, 15) is 23.3 Å². The SMILES string of the molecule is COc1ccc(S(=O)(=O)N2CCCCC2)cc1NC(=O)CNc1cccc([N+](=O)[O-])c1C. The van der Waals surface area contributed by atoms with Gasteiger partial charge >= 0.3 is 0 Å². The van der Waals surface area contributed by atoms with Crippen LogP contribution in [0.4, 0.5) is 17.1 Å². The number of carbonyl (C=O) groups is 1. The van der Waals surface area contributed by atoms with Gasteiger partial charge in [0.05, 0.1) is 29.2 Å². The Kier molecular flexibility index (Phi) is 7.31. The fourth-order valence-electron chi connectivity index (χ4n) is 3.58. The highest BCUT2D eigenvalue weighted by Crippen LogP contribution is 2.30. The number of ether oxygens (including phenoxy) is 1. The number of sulfonamides is 1. The number of nitrogens with one attached hydrogen (secondary N) is 2. The molecule has 1 amide bonds. The molecule has 0 aromatic heterocycles. The van der Waals surface area contributed by atoms with Crippen LogP contribution < -0.4 is 15.4 Å². The number of carbonyl (C=O) groups excluding carboxylic acids is 1. The molecule has 1 aliphatic heterocycles. The number of nitrogens with zero attached hydrogens (tertiary/aromatic N) is 2. The third-order valence-corrected chi connectivity index (χ3v) is 7.23. The van der Waals surface area contributed by atoms with Gasteiger partial charge in [-0.2, -0.15) is 4.31 Å². The van der Waals surface area contributed by atoms with Crippen molar-refractivity contribution in [1.82, 2.24) is 4.31 Å². The van der Waals surface area contributed by atoms with Gasteiger partial charge in [0, 0.05) is 30.4 Å². The normalized spacial score (nSPS) is 14.6. The van der Waals surface area contributed by atoms with Crippen molar-refractivity contribution in [2.75, 3.05) is 37.4 Å². The summed E-state index contributed by atoms with van der Waals surface area (Å²) in [6.45, 7) is 2.37. The molecule has 0 spiro atoms. The Morgan fingerprint density at radius 2 is 1.88 bits per heavy atom. The first-order valence-electron chi connectivity index (χ1n) is 10.2. The topological polar surface area (TPSA) is 131 Å². The molecule has 0 unspecified atom stereocenters. The lowest BCUT2D eigenvalue weighted by Crippen LogP contribution is -2.35. The number of amides is 1. The second kappa shape index (κ2) is 9.96. The van der Waals surface area contributed by atoms with Gasteiger partial charge in [0.1, 0.15) is 5.75 Å². The van der Waals surface area contributed by atoms with Crippen molar-refractivity contribution in [1.29, 1.82) is 0 Å². The summed E-state index contributed by atoms with van der Waals surface area (Å²) in [5, 5.41) is 16.6. The molecule has 0 atom stereocenters. The monoisotopic (exact) mass is 462 g/mol. The first-order valence-corrected chi connectivity index (χ1v) is 11.6. The number of piperidine rings is 1. The van der Waals surface area contributed by atoms with Crippen molar-refractivity contribution in [2.45, 2.75) is 31.1 Å². The van der Waals surface area contributed by atoms with Gasteiger partial charge in [0.25, 0.3) is 5.69 Å². The first kappa shape index (κ1) is 23.5. The van der Waals surface area contributed by atoms with Crippen LogP contribution in [0, 0.1) is 17.0 Å². The summed E-state index contributed by atoms with van der Waals surface area (Å²) in [5.74, 6) is -0.135. The molecule has 1 heterocycles. The molecular weight excluding hydrogens is 436 g/mol. The van der Waals surface area contributed by atoms with Gasteiger partial charge in [-0.3, -0.25) is 14.9 Å². The summed E-state index contributed by atoms with van der Waals surface area (Å²) in [5.41, 5.74) is 1.06. The second-order valence-electron chi connectivity index (χ2n) is 7.44. The van der Waals surface area contributed by atoms with E-state index in [1.165, 1.54) is 41.7 Å². The van der Waals surface area contributed by atoms with E-state index in [-0.39, 0.29) is 22.8 Å². The quantitative estimate of drug-likeness (QED) is 0.455. The highest BCUT2D eigenvalue weighted by molar-refractivity contribution is 7.89. The lowest BCUT2D eigenvalue weighted by atomic mass is 10.1. The van der Waals surface area contributed by atoms with Crippen molar-refractivity contribution in [3.8, 4) is 5.75 Å². The van der Waals surface area contributed by atoms with Crippen LogP contribution in [0.3, 0.4) is 0 Å². The number of nitro groups is 1. The van der Waals surface area contributed by atoms with E-state index >= 15 is 0 Å². The highest BCUT2D eigenvalue weighted by atomic mass is 32.2. The van der Waals surface area contributed by atoms with Gasteiger partial charge in [0.15, 0.2) is 0 Å². The van der Waals surface area contributed by atoms with Crippen LogP contribution in [0.5, 0.6) is 5.75 Å². The van der Waals surface area contributed by atoms with Crippen LogP contribution >= 0.6 is 0 Å². The van der Waals surface area contributed by atoms with Gasteiger partial charge in [-0.05, 0) is 44.0 Å².